The molecular weight excluding hydrogens is 292 g/mol. The molecule has 0 radical (unpaired) electrons. The normalized spacial score (nSPS) is 10.7. The monoisotopic (exact) mass is 302 g/mol. The van der Waals surface area contributed by atoms with E-state index in [1.54, 1.807) is 0 Å². The van der Waals surface area contributed by atoms with E-state index >= 15 is 0 Å². The van der Waals surface area contributed by atoms with Gasteiger partial charge in [0.05, 0.1) is 12.2 Å². The molecule has 0 atom stereocenters. The third-order valence-electron chi connectivity index (χ3n) is 2.62. The van der Waals surface area contributed by atoms with Crippen LogP contribution in [0.15, 0.2) is 6.20 Å². The Morgan fingerprint density at radius 3 is 2.10 bits per heavy atom. The molecule has 5 nitrogen and oxygen atoms in total. The van der Waals surface area contributed by atoms with E-state index in [0.717, 1.165) is 6.20 Å². The minimum Gasteiger partial charge on any atom is -0.488 e. The first-order valence-corrected chi connectivity index (χ1v) is 5.75. The number of benzene rings is 1. The van der Waals surface area contributed by atoms with Crippen LogP contribution in [-0.2, 0) is 0 Å². The predicted molar refractivity (Wildman–Crippen MR) is 67.3 cm³/mol. The number of hydrogen-bond donors (Lipinski definition) is 2. The Morgan fingerprint density at radius 2 is 1.62 bits per heavy atom. The lowest BCUT2D eigenvalue weighted by Crippen LogP contribution is -2.08. The maximum atomic E-state index is 14.0. The van der Waals surface area contributed by atoms with Crippen LogP contribution in [-0.4, -0.2) is 16.6 Å². The fourth-order valence-corrected chi connectivity index (χ4v) is 1.72. The molecule has 112 valence electrons. The Hall–Kier alpha value is -2.58. The van der Waals surface area contributed by atoms with Gasteiger partial charge in [0.2, 0.25) is 17.6 Å². The van der Waals surface area contributed by atoms with Crippen LogP contribution in [0.4, 0.5) is 29.3 Å². The van der Waals surface area contributed by atoms with Gasteiger partial charge in [0, 0.05) is 11.8 Å². The van der Waals surface area contributed by atoms with Crippen LogP contribution in [0.3, 0.4) is 0 Å². The van der Waals surface area contributed by atoms with Gasteiger partial charge in [-0.05, 0) is 6.92 Å². The number of hydrogen-bond acceptors (Lipinski definition) is 5. The summed E-state index contributed by atoms with van der Waals surface area (Å²) in [6, 6.07) is 0. The molecule has 1 aromatic heterocycles. The van der Waals surface area contributed by atoms with Crippen LogP contribution in [0.1, 0.15) is 6.92 Å². The SMILES string of the molecule is CCOc1c(F)c(F)c(-c2cnc(N)nc2N)c(F)c1F. The van der Waals surface area contributed by atoms with Crippen molar-refractivity contribution in [1.82, 2.24) is 9.97 Å². The van der Waals surface area contributed by atoms with Gasteiger partial charge < -0.3 is 16.2 Å². The zero-order valence-corrected chi connectivity index (χ0v) is 10.8. The first-order chi connectivity index (χ1) is 9.88. The molecule has 21 heavy (non-hydrogen) atoms. The summed E-state index contributed by atoms with van der Waals surface area (Å²) in [5, 5.41) is 0. The molecule has 0 spiro atoms. The summed E-state index contributed by atoms with van der Waals surface area (Å²) in [4.78, 5) is 6.98. The molecule has 1 heterocycles. The number of aromatic nitrogens is 2. The molecule has 1 aromatic carbocycles. The molecule has 0 fully saturated rings. The number of rotatable bonds is 3. The maximum Gasteiger partial charge on any atom is 0.221 e. The van der Waals surface area contributed by atoms with Gasteiger partial charge in [-0.15, -0.1) is 0 Å². The summed E-state index contributed by atoms with van der Waals surface area (Å²) in [5.41, 5.74) is 9.26. The Balaban J connectivity index is 2.76. The fraction of sp³-hybridized carbons (Fsp3) is 0.167. The molecule has 0 aliphatic heterocycles. The molecule has 0 amide bonds. The topological polar surface area (TPSA) is 87.0 Å². The highest BCUT2D eigenvalue weighted by atomic mass is 19.2. The van der Waals surface area contributed by atoms with E-state index in [4.69, 9.17) is 11.5 Å². The molecule has 0 saturated heterocycles. The van der Waals surface area contributed by atoms with Crippen LogP contribution < -0.4 is 16.2 Å². The zero-order valence-electron chi connectivity index (χ0n) is 10.8. The Kier molecular flexibility index (Phi) is 3.83. The number of halogens is 4. The van der Waals surface area contributed by atoms with Crippen LogP contribution in [0, 0.1) is 23.3 Å². The lowest BCUT2D eigenvalue weighted by Gasteiger charge is -2.13. The van der Waals surface area contributed by atoms with Gasteiger partial charge in [0.15, 0.2) is 17.4 Å². The molecule has 0 aliphatic carbocycles. The molecule has 0 bridgehead atoms. The van der Waals surface area contributed by atoms with E-state index < -0.39 is 46.0 Å². The first-order valence-electron chi connectivity index (χ1n) is 5.75. The molecular formula is C12H10F4N4O. The summed E-state index contributed by atoms with van der Waals surface area (Å²) in [7, 11) is 0. The van der Waals surface area contributed by atoms with Gasteiger partial charge in [-0.25, -0.2) is 13.8 Å². The Bertz CT molecular complexity index is 679. The van der Waals surface area contributed by atoms with Crippen molar-refractivity contribution in [2.24, 2.45) is 0 Å². The molecule has 9 heteroatoms. The summed E-state index contributed by atoms with van der Waals surface area (Å²) < 4.78 is 60.1. The van der Waals surface area contributed by atoms with Crippen molar-refractivity contribution < 1.29 is 22.3 Å². The van der Waals surface area contributed by atoms with Crippen molar-refractivity contribution in [1.29, 1.82) is 0 Å². The van der Waals surface area contributed by atoms with Crippen LogP contribution in [0.2, 0.25) is 0 Å². The summed E-state index contributed by atoms with van der Waals surface area (Å²) >= 11 is 0. The van der Waals surface area contributed by atoms with Crippen LogP contribution in [0.25, 0.3) is 11.1 Å². The number of ether oxygens (including phenoxy) is 1. The third kappa shape index (κ3) is 2.41. The highest BCUT2D eigenvalue weighted by Gasteiger charge is 2.28. The van der Waals surface area contributed by atoms with E-state index in [1.807, 2.05) is 0 Å². The third-order valence-corrected chi connectivity index (χ3v) is 2.62. The van der Waals surface area contributed by atoms with Crippen molar-refractivity contribution in [2.45, 2.75) is 6.92 Å². The van der Waals surface area contributed by atoms with Gasteiger partial charge in [0.25, 0.3) is 0 Å². The number of anilines is 2. The van der Waals surface area contributed by atoms with Gasteiger partial charge in [-0.1, -0.05) is 0 Å². The number of nitrogens with two attached hydrogens (primary N) is 2. The lowest BCUT2D eigenvalue weighted by atomic mass is 10.1. The fourth-order valence-electron chi connectivity index (χ4n) is 1.72. The summed E-state index contributed by atoms with van der Waals surface area (Å²) in [6.45, 7) is 1.24. The molecule has 4 N–H and O–H groups in total. The van der Waals surface area contributed by atoms with Gasteiger partial charge >= 0.3 is 0 Å². The average molecular weight is 302 g/mol. The zero-order chi connectivity index (χ0) is 15.7. The maximum absolute atomic E-state index is 14.0. The van der Waals surface area contributed by atoms with Crippen LogP contribution in [0.5, 0.6) is 5.75 Å². The summed E-state index contributed by atoms with van der Waals surface area (Å²) in [6.07, 6.45) is 0.873. The van der Waals surface area contributed by atoms with Crippen molar-refractivity contribution in [3.05, 3.63) is 29.5 Å². The molecule has 2 aromatic rings. The second kappa shape index (κ2) is 5.43. The average Bonchev–Trinajstić information content (AvgIpc) is 2.44. The molecule has 2 rings (SSSR count). The predicted octanol–water partition coefficient (Wildman–Crippen LogP) is 2.26. The van der Waals surface area contributed by atoms with E-state index in [1.165, 1.54) is 6.92 Å². The molecule has 0 aliphatic rings. The highest BCUT2D eigenvalue weighted by Crippen LogP contribution is 2.37. The van der Waals surface area contributed by atoms with Crippen molar-refractivity contribution >= 4 is 11.8 Å². The van der Waals surface area contributed by atoms with E-state index in [0.29, 0.717) is 0 Å². The van der Waals surface area contributed by atoms with Gasteiger partial charge in [0.1, 0.15) is 5.82 Å². The lowest BCUT2D eigenvalue weighted by molar-refractivity contribution is 0.287. The number of nitrogen functional groups attached to an aromatic ring is 2. The Labute approximate surface area is 116 Å². The molecule has 0 saturated carbocycles. The van der Waals surface area contributed by atoms with Crippen molar-refractivity contribution in [2.75, 3.05) is 18.1 Å². The van der Waals surface area contributed by atoms with Crippen LogP contribution >= 0.6 is 0 Å². The Morgan fingerprint density at radius 1 is 1.05 bits per heavy atom. The van der Waals surface area contributed by atoms with E-state index in [-0.39, 0.29) is 12.6 Å². The number of nitrogens with zero attached hydrogens (tertiary/aromatic N) is 2. The largest absolute Gasteiger partial charge is 0.488 e. The van der Waals surface area contributed by atoms with Crippen molar-refractivity contribution in [3.8, 4) is 16.9 Å². The second-order valence-electron chi connectivity index (χ2n) is 3.92. The first kappa shape index (κ1) is 14.8. The van der Waals surface area contributed by atoms with E-state index in [2.05, 4.69) is 14.7 Å². The van der Waals surface area contributed by atoms with Gasteiger partial charge in [-0.3, -0.25) is 0 Å². The van der Waals surface area contributed by atoms with Crippen molar-refractivity contribution in [3.63, 3.8) is 0 Å². The highest BCUT2D eigenvalue weighted by molar-refractivity contribution is 5.75. The van der Waals surface area contributed by atoms with E-state index in [9.17, 15) is 17.6 Å². The summed E-state index contributed by atoms with van der Waals surface area (Å²) in [5.74, 6) is -8.43. The minimum atomic E-state index is -1.66. The molecule has 0 unspecified atom stereocenters. The van der Waals surface area contributed by atoms with Gasteiger partial charge in [-0.2, -0.15) is 13.8 Å². The quantitative estimate of drug-likeness (QED) is 0.671. The minimum absolute atomic E-state index is 0.167. The second-order valence-corrected chi connectivity index (χ2v) is 3.92. The smallest absolute Gasteiger partial charge is 0.221 e. The standard InChI is InChI=1S/C12H10F4N4O/c1-2-21-10-8(15)6(13)5(7(14)9(10)16)4-3-19-12(18)20-11(4)17/h3H,2H2,1H3,(H4,17,18,19,20).